The highest BCUT2D eigenvalue weighted by molar-refractivity contribution is 6.30. The molecule has 2 atom stereocenters. The van der Waals surface area contributed by atoms with Gasteiger partial charge in [-0.1, -0.05) is 11.6 Å². The second kappa shape index (κ2) is 4.46. The number of carbonyl (C=O) groups is 1. The Morgan fingerprint density at radius 2 is 1.69 bits per heavy atom. The lowest BCUT2D eigenvalue weighted by Gasteiger charge is -2.26. The average molecular weight is 238 g/mol. The number of rotatable bonds is 1. The number of hydrogen-bond donors (Lipinski definition) is 0. The number of nitrogens with zero attached hydrogens (tertiary/aromatic N) is 1. The first-order valence-corrected chi connectivity index (χ1v) is 6.05. The van der Waals surface area contributed by atoms with Crippen molar-refractivity contribution in [2.24, 2.45) is 0 Å². The Hall–Kier alpha value is -1.02. The Bertz CT molecular complexity index is 377. The summed E-state index contributed by atoms with van der Waals surface area (Å²) in [5.41, 5.74) is 0.727. The van der Waals surface area contributed by atoms with Gasteiger partial charge in [-0.3, -0.25) is 4.79 Å². The third kappa shape index (κ3) is 2.07. The molecule has 0 radical (unpaired) electrons. The molecule has 0 spiro atoms. The molecule has 2 unspecified atom stereocenters. The van der Waals surface area contributed by atoms with Gasteiger partial charge in [0.15, 0.2) is 0 Å². The number of amides is 1. The van der Waals surface area contributed by atoms with Crippen LogP contribution in [0.15, 0.2) is 24.3 Å². The highest BCUT2D eigenvalue weighted by Gasteiger charge is 2.31. The van der Waals surface area contributed by atoms with Crippen molar-refractivity contribution in [3.05, 3.63) is 34.9 Å². The molecule has 2 nitrogen and oxygen atoms in total. The molecule has 1 fully saturated rings. The van der Waals surface area contributed by atoms with Crippen molar-refractivity contribution in [1.29, 1.82) is 0 Å². The van der Waals surface area contributed by atoms with Gasteiger partial charge in [-0.25, -0.2) is 0 Å². The van der Waals surface area contributed by atoms with Crippen molar-refractivity contribution in [1.82, 2.24) is 4.90 Å². The van der Waals surface area contributed by atoms with E-state index in [1.165, 1.54) is 0 Å². The van der Waals surface area contributed by atoms with E-state index in [0.717, 1.165) is 18.4 Å². The monoisotopic (exact) mass is 237 g/mol. The number of halogens is 1. The second-order valence-electron chi connectivity index (χ2n) is 4.49. The summed E-state index contributed by atoms with van der Waals surface area (Å²) in [6.45, 7) is 4.22. The molecule has 0 aromatic heterocycles. The molecular weight excluding hydrogens is 222 g/mol. The van der Waals surface area contributed by atoms with Crippen molar-refractivity contribution in [3.63, 3.8) is 0 Å². The van der Waals surface area contributed by atoms with E-state index in [0.29, 0.717) is 17.1 Å². The number of likely N-dealkylation sites (tertiary alicyclic amines) is 1. The predicted molar refractivity (Wildman–Crippen MR) is 65.8 cm³/mol. The minimum Gasteiger partial charge on any atom is -0.333 e. The molecule has 1 amide bonds. The lowest BCUT2D eigenvalue weighted by Crippen LogP contribution is -2.38. The van der Waals surface area contributed by atoms with Crippen molar-refractivity contribution in [3.8, 4) is 0 Å². The van der Waals surface area contributed by atoms with Crippen LogP contribution in [0.4, 0.5) is 0 Å². The summed E-state index contributed by atoms with van der Waals surface area (Å²) >= 11 is 5.81. The van der Waals surface area contributed by atoms with Crippen LogP contribution in [-0.4, -0.2) is 22.9 Å². The molecule has 0 aliphatic carbocycles. The van der Waals surface area contributed by atoms with Crippen LogP contribution in [0.2, 0.25) is 5.02 Å². The molecular formula is C13H16ClNO. The Labute approximate surface area is 101 Å². The van der Waals surface area contributed by atoms with Crippen molar-refractivity contribution < 1.29 is 4.79 Å². The lowest BCUT2D eigenvalue weighted by atomic mass is 10.1. The quantitative estimate of drug-likeness (QED) is 0.734. The van der Waals surface area contributed by atoms with Gasteiger partial charge >= 0.3 is 0 Å². The van der Waals surface area contributed by atoms with Crippen LogP contribution in [0.1, 0.15) is 37.0 Å². The fourth-order valence-corrected chi connectivity index (χ4v) is 2.46. The first kappa shape index (κ1) is 11.5. The van der Waals surface area contributed by atoms with Crippen LogP contribution in [0.3, 0.4) is 0 Å². The van der Waals surface area contributed by atoms with E-state index in [4.69, 9.17) is 11.6 Å². The minimum atomic E-state index is 0.120. The summed E-state index contributed by atoms with van der Waals surface area (Å²) in [6.07, 6.45) is 2.20. The number of benzene rings is 1. The molecule has 0 saturated carbocycles. The van der Waals surface area contributed by atoms with E-state index in [1.807, 2.05) is 4.90 Å². The molecule has 0 bridgehead atoms. The molecule has 1 heterocycles. The predicted octanol–water partition coefficient (Wildman–Crippen LogP) is 3.35. The van der Waals surface area contributed by atoms with Gasteiger partial charge in [0.1, 0.15) is 0 Å². The third-order valence-corrected chi connectivity index (χ3v) is 3.53. The molecule has 0 N–H and O–H groups in total. The smallest absolute Gasteiger partial charge is 0.254 e. The lowest BCUT2D eigenvalue weighted by molar-refractivity contribution is 0.0693. The van der Waals surface area contributed by atoms with Crippen LogP contribution >= 0.6 is 11.6 Å². The summed E-state index contributed by atoms with van der Waals surface area (Å²) in [7, 11) is 0. The molecule has 86 valence electrons. The Morgan fingerprint density at radius 3 is 2.19 bits per heavy atom. The van der Waals surface area contributed by atoms with Crippen molar-refractivity contribution in [2.75, 3.05) is 0 Å². The molecule has 16 heavy (non-hydrogen) atoms. The standard InChI is InChI=1S/C13H16ClNO/c1-9-3-4-10(2)15(9)13(16)11-5-7-12(14)8-6-11/h5-10H,3-4H2,1-2H3. The van der Waals surface area contributed by atoms with Crippen LogP contribution in [0.5, 0.6) is 0 Å². The summed E-state index contributed by atoms with van der Waals surface area (Å²) in [5, 5.41) is 0.666. The highest BCUT2D eigenvalue weighted by Crippen LogP contribution is 2.25. The summed E-state index contributed by atoms with van der Waals surface area (Å²) < 4.78 is 0. The van der Waals surface area contributed by atoms with Crippen LogP contribution in [-0.2, 0) is 0 Å². The van der Waals surface area contributed by atoms with E-state index < -0.39 is 0 Å². The molecule has 1 saturated heterocycles. The zero-order chi connectivity index (χ0) is 11.7. The van der Waals surface area contributed by atoms with Gasteiger partial charge in [-0.15, -0.1) is 0 Å². The molecule has 2 rings (SSSR count). The maximum absolute atomic E-state index is 12.3. The average Bonchev–Trinajstić information content (AvgIpc) is 2.59. The maximum atomic E-state index is 12.3. The van der Waals surface area contributed by atoms with E-state index in [2.05, 4.69) is 13.8 Å². The summed E-state index contributed by atoms with van der Waals surface area (Å²) in [6, 6.07) is 7.81. The molecule has 1 aliphatic heterocycles. The third-order valence-electron chi connectivity index (χ3n) is 3.28. The fraction of sp³-hybridized carbons (Fsp3) is 0.462. The normalized spacial score (nSPS) is 24.8. The van der Waals surface area contributed by atoms with Gasteiger partial charge in [-0.2, -0.15) is 0 Å². The molecule has 1 aromatic rings. The van der Waals surface area contributed by atoms with Gasteiger partial charge in [0.05, 0.1) is 0 Å². The van der Waals surface area contributed by atoms with Crippen LogP contribution in [0, 0.1) is 0 Å². The second-order valence-corrected chi connectivity index (χ2v) is 4.93. The van der Waals surface area contributed by atoms with Crippen LogP contribution < -0.4 is 0 Å². The maximum Gasteiger partial charge on any atom is 0.254 e. The highest BCUT2D eigenvalue weighted by atomic mass is 35.5. The first-order chi connectivity index (χ1) is 7.59. The molecule has 1 aromatic carbocycles. The van der Waals surface area contributed by atoms with Gasteiger partial charge in [-0.05, 0) is 51.0 Å². The van der Waals surface area contributed by atoms with E-state index in [1.54, 1.807) is 24.3 Å². The molecule has 1 aliphatic rings. The summed E-state index contributed by atoms with van der Waals surface area (Å²) in [5.74, 6) is 0.120. The van der Waals surface area contributed by atoms with Gasteiger partial charge in [0.25, 0.3) is 5.91 Å². The zero-order valence-electron chi connectivity index (χ0n) is 9.61. The van der Waals surface area contributed by atoms with Gasteiger partial charge in [0.2, 0.25) is 0 Å². The number of hydrogen-bond acceptors (Lipinski definition) is 1. The van der Waals surface area contributed by atoms with E-state index >= 15 is 0 Å². The zero-order valence-corrected chi connectivity index (χ0v) is 10.4. The van der Waals surface area contributed by atoms with Crippen molar-refractivity contribution >= 4 is 17.5 Å². The topological polar surface area (TPSA) is 20.3 Å². The summed E-state index contributed by atoms with van der Waals surface area (Å²) in [4.78, 5) is 14.2. The van der Waals surface area contributed by atoms with Gasteiger partial charge in [0, 0.05) is 22.7 Å². The van der Waals surface area contributed by atoms with Crippen LogP contribution in [0.25, 0.3) is 0 Å². The largest absolute Gasteiger partial charge is 0.333 e. The van der Waals surface area contributed by atoms with Gasteiger partial charge < -0.3 is 4.90 Å². The Morgan fingerprint density at radius 1 is 1.19 bits per heavy atom. The van der Waals surface area contributed by atoms with Crippen molar-refractivity contribution in [2.45, 2.75) is 38.8 Å². The van der Waals surface area contributed by atoms with E-state index in [-0.39, 0.29) is 5.91 Å². The Kier molecular flexibility index (Phi) is 3.20. The Balaban J connectivity index is 2.21. The fourth-order valence-electron chi connectivity index (χ4n) is 2.34. The SMILES string of the molecule is CC1CCC(C)N1C(=O)c1ccc(Cl)cc1. The molecule has 3 heteroatoms. The van der Waals surface area contributed by atoms with E-state index in [9.17, 15) is 4.79 Å². The first-order valence-electron chi connectivity index (χ1n) is 5.68. The minimum absolute atomic E-state index is 0.120. The number of carbonyl (C=O) groups excluding carboxylic acids is 1.